The van der Waals surface area contributed by atoms with E-state index in [4.69, 9.17) is 23.2 Å². The van der Waals surface area contributed by atoms with Gasteiger partial charge in [-0.2, -0.15) is 13.2 Å². The van der Waals surface area contributed by atoms with Crippen molar-refractivity contribution in [3.8, 4) is 0 Å². The monoisotopic (exact) mass is 329 g/mol. The van der Waals surface area contributed by atoms with Gasteiger partial charge in [-0.15, -0.1) is 0 Å². The first-order valence-corrected chi connectivity index (χ1v) is 6.38. The van der Waals surface area contributed by atoms with Crippen molar-refractivity contribution in [3.63, 3.8) is 0 Å². The largest absolute Gasteiger partial charge is 0.411 e. The number of amides is 1. The van der Waals surface area contributed by atoms with Crippen LogP contribution in [0.4, 0.5) is 13.2 Å². The average Bonchev–Trinajstić information content (AvgIpc) is 2.31. The van der Waals surface area contributed by atoms with Gasteiger partial charge < -0.3 is 10.1 Å². The fourth-order valence-electron chi connectivity index (χ4n) is 1.35. The predicted octanol–water partition coefficient (Wildman–Crippen LogP) is 3.23. The molecule has 0 bridgehead atoms. The zero-order valence-electron chi connectivity index (χ0n) is 10.3. The molecule has 0 aromatic heterocycles. The predicted molar refractivity (Wildman–Crippen MR) is 70.0 cm³/mol. The Morgan fingerprint density at radius 2 is 2.00 bits per heavy atom. The molecule has 0 aliphatic rings. The van der Waals surface area contributed by atoms with Crippen molar-refractivity contribution in [1.82, 2.24) is 5.32 Å². The number of carbonyl (C=O) groups is 1. The minimum atomic E-state index is -4.36. The molecule has 0 unspecified atom stereocenters. The Hall–Kier alpha value is -0.980. The summed E-state index contributed by atoms with van der Waals surface area (Å²) in [5.41, 5.74) is 0.588. The lowest BCUT2D eigenvalue weighted by atomic mass is 10.1. The third kappa shape index (κ3) is 6.98. The first kappa shape index (κ1) is 17.1. The second-order valence-electron chi connectivity index (χ2n) is 3.93. The Morgan fingerprint density at radius 1 is 1.30 bits per heavy atom. The minimum Gasteiger partial charge on any atom is -0.370 e. The molecule has 0 fully saturated rings. The van der Waals surface area contributed by atoms with Crippen LogP contribution in [0.15, 0.2) is 18.2 Å². The number of hydrogen-bond donors (Lipinski definition) is 1. The van der Waals surface area contributed by atoms with Gasteiger partial charge in [-0.3, -0.25) is 4.79 Å². The number of ether oxygens (including phenoxy) is 1. The summed E-state index contributed by atoms with van der Waals surface area (Å²) in [5, 5.41) is 3.26. The van der Waals surface area contributed by atoms with Crippen LogP contribution in [0.2, 0.25) is 10.0 Å². The van der Waals surface area contributed by atoms with Gasteiger partial charge in [-0.25, -0.2) is 0 Å². The van der Waals surface area contributed by atoms with Crippen LogP contribution in [-0.2, 0) is 16.0 Å². The number of alkyl halides is 3. The van der Waals surface area contributed by atoms with Crippen molar-refractivity contribution >= 4 is 29.1 Å². The highest BCUT2D eigenvalue weighted by Crippen LogP contribution is 2.21. The highest BCUT2D eigenvalue weighted by atomic mass is 35.5. The van der Waals surface area contributed by atoms with Crippen molar-refractivity contribution in [3.05, 3.63) is 33.8 Å². The quantitative estimate of drug-likeness (QED) is 0.814. The molecule has 1 N–H and O–H groups in total. The second kappa shape index (κ2) is 7.71. The van der Waals surface area contributed by atoms with Crippen LogP contribution >= 0.6 is 23.2 Å². The molecule has 0 saturated carbocycles. The maximum atomic E-state index is 11.8. The van der Waals surface area contributed by atoms with Gasteiger partial charge in [0.1, 0.15) is 6.61 Å². The summed E-state index contributed by atoms with van der Waals surface area (Å²) in [5.74, 6) is -0.357. The molecule has 0 heterocycles. The normalized spacial score (nSPS) is 11.4. The molecule has 3 nitrogen and oxygen atoms in total. The Kier molecular flexibility index (Phi) is 6.58. The number of benzene rings is 1. The van der Waals surface area contributed by atoms with E-state index in [0.717, 1.165) is 0 Å². The van der Waals surface area contributed by atoms with E-state index in [-0.39, 0.29) is 25.5 Å². The molecule has 0 aliphatic heterocycles. The van der Waals surface area contributed by atoms with Crippen molar-refractivity contribution in [2.45, 2.75) is 12.6 Å². The summed E-state index contributed by atoms with van der Waals surface area (Å²) in [6.07, 6.45) is -4.34. The summed E-state index contributed by atoms with van der Waals surface area (Å²) in [7, 11) is 0. The summed E-state index contributed by atoms with van der Waals surface area (Å²) in [6, 6.07) is 4.73. The van der Waals surface area contributed by atoms with Gasteiger partial charge in [0.2, 0.25) is 5.91 Å². The molecule has 1 aromatic carbocycles. The van der Waals surface area contributed by atoms with Crippen LogP contribution in [-0.4, -0.2) is 31.8 Å². The van der Waals surface area contributed by atoms with Crippen molar-refractivity contribution in [2.75, 3.05) is 19.8 Å². The first-order valence-electron chi connectivity index (χ1n) is 5.63. The van der Waals surface area contributed by atoms with Crippen LogP contribution in [0.25, 0.3) is 0 Å². The van der Waals surface area contributed by atoms with Crippen LogP contribution in [0.1, 0.15) is 5.56 Å². The molecular weight excluding hydrogens is 318 g/mol. The van der Waals surface area contributed by atoms with Crippen molar-refractivity contribution in [2.24, 2.45) is 0 Å². The molecular formula is C12H12Cl2F3NO2. The van der Waals surface area contributed by atoms with Crippen LogP contribution in [0.5, 0.6) is 0 Å². The molecule has 112 valence electrons. The molecule has 1 rings (SSSR count). The van der Waals surface area contributed by atoms with Crippen LogP contribution < -0.4 is 5.32 Å². The third-order valence-corrected chi connectivity index (χ3v) is 2.79. The number of rotatable bonds is 6. The maximum absolute atomic E-state index is 11.8. The van der Waals surface area contributed by atoms with Gasteiger partial charge in [-0.1, -0.05) is 29.3 Å². The van der Waals surface area contributed by atoms with Gasteiger partial charge >= 0.3 is 6.18 Å². The Bertz CT molecular complexity index is 467. The van der Waals surface area contributed by atoms with Gasteiger partial charge in [0, 0.05) is 16.6 Å². The van der Waals surface area contributed by atoms with Crippen LogP contribution in [0.3, 0.4) is 0 Å². The smallest absolute Gasteiger partial charge is 0.370 e. The molecule has 1 aromatic rings. The lowest BCUT2D eigenvalue weighted by Crippen LogP contribution is -2.30. The summed E-state index contributed by atoms with van der Waals surface area (Å²) in [6.45, 7) is -1.54. The maximum Gasteiger partial charge on any atom is 0.411 e. The summed E-state index contributed by atoms with van der Waals surface area (Å²) >= 11 is 11.6. The zero-order valence-corrected chi connectivity index (χ0v) is 11.8. The number of carbonyl (C=O) groups excluding carboxylic acids is 1. The fraction of sp³-hybridized carbons (Fsp3) is 0.417. The number of nitrogens with one attached hydrogen (secondary N) is 1. The molecule has 0 radical (unpaired) electrons. The highest BCUT2D eigenvalue weighted by molar-refractivity contribution is 6.35. The van der Waals surface area contributed by atoms with E-state index in [1.807, 2.05) is 0 Å². The second-order valence-corrected chi connectivity index (χ2v) is 4.77. The van der Waals surface area contributed by atoms with Gasteiger partial charge in [0.15, 0.2) is 0 Å². The van der Waals surface area contributed by atoms with Crippen LogP contribution in [0, 0.1) is 0 Å². The van der Waals surface area contributed by atoms with Crippen molar-refractivity contribution < 1.29 is 22.7 Å². The Labute approximate surface area is 124 Å². The fourth-order valence-corrected chi connectivity index (χ4v) is 1.83. The topological polar surface area (TPSA) is 38.3 Å². The highest BCUT2D eigenvalue weighted by Gasteiger charge is 2.27. The minimum absolute atomic E-state index is 0.000121. The molecule has 0 aliphatic carbocycles. The molecule has 0 saturated heterocycles. The Balaban J connectivity index is 2.27. The van der Waals surface area contributed by atoms with Gasteiger partial charge in [0.25, 0.3) is 0 Å². The summed E-state index contributed by atoms with van der Waals surface area (Å²) < 4.78 is 39.7. The van der Waals surface area contributed by atoms with Gasteiger partial charge in [-0.05, 0) is 17.7 Å². The van der Waals surface area contributed by atoms with E-state index in [9.17, 15) is 18.0 Å². The molecule has 20 heavy (non-hydrogen) atoms. The lowest BCUT2D eigenvalue weighted by molar-refractivity contribution is -0.173. The van der Waals surface area contributed by atoms with E-state index in [1.54, 1.807) is 12.1 Å². The molecule has 0 spiro atoms. The van der Waals surface area contributed by atoms with Gasteiger partial charge in [0.05, 0.1) is 13.0 Å². The van der Waals surface area contributed by atoms with E-state index >= 15 is 0 Å². The summed E-state index contributed by atoms with van der Waals surface area (Å²) in [4.78, 5) is 11.5. The molecule has 1 amide bonds. The van der Waals surface area contributed by atoms with Crippen molar-refractivity contribution in [1.29, 1.82) is 0 Å². The van der Waals surface area contributed by atoms with E-state index < -0.39 is 12.8 Å². The SMILES string of the molecule is O=C(Cc1ccc(Cl)cc1Cl)NCCOCC(F)(F)F. The number of halogens is 5. The van der Waals surface area contributed by atoms with E-state index in [0.29, 0.717) is 15.6 Å². The molecule has 0 atom stereocenters. The Morgan fingerprint density at radius 3 is 2.60 bits per heavy atom. The standard InChI is InChI=1S/C12H12Cl2F3NO2/c13-9-2-1-8(10(14)6-9)5-11(19)18-3-4-20-7-12(15,16)17/h1-2,6H,3-5,7H2,(H,18,19). The van der Waals surface area contributed by atoms with E-state index in [1.165, 1.54) is 6.07 Å². The average molecular weight is 330 g/mol. The first-order chi connectivity index (χ1) is 9.28. The van der Waals surface area contributed by atoms with E-state index in [2.05, 4.69) is 10.1 Å². The number of hydrogen-bond acceptors (Lipinski definition) is 2. The molecule has 8 heteroatoms. The zero-order chi connectivity index (χ0) is 15.2. The lowest BCUT2D eigenvalue weighted by Gasteiger charge is -2.09. The third-order valence-electron chi connectivity index (χ3n) is 2.20.